The number of anilines is 1. The van der Waals surface area contributed by atoms with Gasteiger partial charge < -0.3 is 10.1 Å². The number of para-hydroxylation sites is 1. The Morgan fingerprint density at radius 2 is 2.03 bits per heavy atom. The lowest BCUT2D eigenvalue weighted by atomic mass is 10.2. The number of ether oxygens (including phenoxy) is 1. The number of thioether (sulfide) groups is 1. The van der Waals surface area contributed by atoms with Gasteiger partial charge in [0.25, 0.3) is 0 Å². The van der Waals surface area contributed by atoms with Crippen LogP contribution in [-0.4, -0.2) is 26.4 Å². The molecule has 0 aliphatic heterocycles. The van der Waals surface area contributed by atoms with E-state index in [0.29, 0.717) is 17.5 Å². The summed E-state index contributed by atoms with van der Waals surface area (Å²) in [7, 11) is 0. The number of hydrogen-bond donors (Lipinski definition) is 1. The molecule has 1 N–H and O–H groups in total. The molecule has 1 amide bonds. The summed E-state index contributed by atoms with van der Waals surface area (Å²) in [6.45, 7) is 10.3. The third-order valence-electron chi connectivity index (χ3n) is 4.47. The molecular weight excluding hydrogens is 396 g/mol. The molecule has 0 aliphatic rings. The zero-order valence-corrected chi connectivity index (χ0v) is 18.3. The fourth-order valence-corrected chi connectivity index (χ4v) is 3.74. The van der Waals surface area contributed by atoms with Gasteiger partial charge in [0.15, 0.2) is 17.1 Å². The van der Waals surface area contributed by atoms with Gasteiger partial charge in [0.05, 0.1) is 5.75 Å². The van der Waals surface area contributed by atoms with Crippen LogP contribution in [-0.2, 0) is 11.3 Å². The standard InChI is InChI=1S/C23H26N4O2S/c1-5-13-27-22(18(4)29-19-11-8-9-16(2)14-19)25-26-23(27)30-15-21(28)24-20-12-7-6-10-17(20)3/h5-12,14,18H,1,13,15H2,2-4H3,(H,24,28). The van der Waals surface area contributed by atoms with E-state index in [4.69, 9.17) is 4.74 Å². The molecule has 0 aliphatic carbocycles. The quantitative estimate of drug-likeness (QED) is 0.390. The second kappa shape index (κ2) is 10.1. The number of amides is 1. The number of allylic oxidation sites excluding steroid dienone is 1. The highest BCUT2D eigenvalue weighted by Crippen LogP contribution is 2.25. The Morgan fingerprint density at radius 3 is 2.77 bits per heavy atom. The van der Waals surface area contributed by atoms with Crippen LogP contribution < -0.4 is 10.1 Å². The predicted molar refractivity (Wildman–Crippen MR) is 121 cm³/mol. The van der Waals surface area contributed by atoms with Crippen molar-refractivity contribution < 1.29 is 9.53 Å². The molecule has 2 aromatic carbocycles. The van der Waals surface area contributed by atoms with E-state index >= 15 is 0 Å². The highest BCUT2D eigenvalue weighted by atomic mass is 32.2. The minimum atomic E-state index is -0.297. The first-order valence-electron chi connectivity index (χ1n) is 9.73. The average molecular weight is 423 g/mol. The van der Waals surface area contributed by atoms with Crippen molar-refractivity contribution in [1.29, 1.82) is 0 Å². The Labute approximate surface area is 181 Å². The Bertz CT molecular complexity index is 1030. The lowest BCUT2D eigenvalue weighted by Crippen LogP contribution is -2.16. The van der Waals surface area contributed by atoms with Gasteiger partial charge in [-0.05, 0) is 50.1 Å². The summed E-state index contributed by atoms with van der Waals surface area (Å²) in [4.78, 5) is 12.4. The SMILES string of the molecule is C=CCn1c(SCC(=O)Nc2ccccc2C)nnc1C(C)Oc1cccc(C)c1. The molecule has 6 nitrogen and oxygen atoms in total. The molecule has 30 heavy (non-hydrogen) atoms. The van der Waals surface area contributed by atoms with Crippen LogP contribution in [0.1, 0.15) is 30.0 Å². The van der Waals surface area contributed by atoms with E-state index in [1.54, 1.807) is 6.08 Å². The van der Waals surface area contributed by atoms with Crippen LogP contribution >= 0.6 is 11.8 Å². The summed E-state index contributed by atoms with van der Waals surface area (Å²) in [5.41, 5.74) is 2.97. The minimum Gasteiger partial charge on any atom is -0.483 e. The molecule has 0 saturated carbocycles. The normalized spacial score (nSPS) is 11.7. The van der Waals surface area contributed by atoms with Gasteiger partial charge in [0, 0.05) is 12.2 Å². The zero-order valence-electron chi connectivity index (χ0n) is 17.5. The number of carbonyl (C=O) groups excluding carboxylic acids is 1. The number of aryl methyl sites for hydroxylation is 2. The van der Waals surface area contributed by atoms with Crippen molar-refractivity contribution in [3.63, 3.8) is 0 Å². The Morgan fingerprint density at radius 1 is 1.23 bits per heavy atom. The first-order chi connectivity index (χ1) is 14.5. The molecule has 1 unspecified atom stereocenters. The second-order valence-corrected chi connectivity index (χ2v) is 7.91. The van der Waals surface area contributed by atoms with E-state index in [2.05, 4.69) is 22.1 Å². The molecule has 3 rings (SSSR count). The van der Waals surface area contributed by atoms with Gasteiger partial charge >= 0.3 is 0 Å². The fraction of sp³-hybridized carbons (Fsp3) is 0.261. The molecule has 7 heteroatoms. The third-order valence-corrected chi connectivity index (χ3v) is 5.44. The van der Waals surface area contributed by atoms with Crippen LogP contribution in [0.4, 0.5) is 5.69 Å². The van der Waals surface area contributed by atoms with E-state index in [0.717, 1.165) is 22.6 Å². The Hall–Kier alpha value is -3.06. The number of nitrogens with one attached hydrogen (secondary N) is 1. The van der Waals surface area contributed by atoms with Crippen LogP contribution in [0.2, 0.25) is 0 Å². The molecule has 1 aromatic heterocycles. The molecule has 3 aromatic rings. The maximum Gasteiger partial charge on any atom is 0.234 e. The van der Waals surface area contributed by atoms with Crippen molar-refractivity contribution in [2.24, 2.45) is 0 Å². The third kappa shape index (κ3) is 5.51. The maximum absolute atomic E-state index is 12.4. The number of hydrogen-bond acceptors (Lipinski definition) is 5. The number of nitrogens with zero attached hydrogens (tertiary/aromatic N) is 3. The minimum absolute atomic E-state index is 0.0898. The van der Waals surface area contributed by atoms with Gasteiger partial charge in [0.2, 0.25) is 5.91 Å². The summed E-state index contributed by atoms with van der Waals surface area (Å²) in [6, 6.07) is 15.6. The summed E-state index contributed by atoms with van der Waals surface area (Å²) >= 11 is 1.34. The predicted octanol–water partition coefficient (Wildman–Crippen LogP) is 4.95. The van der Waals surface area contributed by atoms with Crippen LogP contribution in [0, 0.1) is 13.8 Å². The van der Waals surface area contributed by atoms with Crippen LogP contribution in [0.5, 0.6) is 5.75 Å². The molecule has 1 atom stereocenters. The van der Waals surface area contributed by atoms with E-state index in [9.17, 15) is 4.79 Å². The molecule has 0 bridgehead atoms. The number of aromatic nitrogens is 3. The lowest BCUT2D eigenvalue weighted by Gasteiger charge is -2.16. The van der Waals surface area contributed by atoms with E-state index in [1.165, 1.54) is 11.8 Å². The number of rotatable bonds is 9. The van der Waals surface area contributed by atoms with Gasteiger partial charge in [0.1, 0.15) is 5.75 Å². The molecular formula is C23H26N4O2S. The highest BCUT2D eigenvalue weighted by molar-refractivity contribution is 7.99. The zero-order chi connectivity index (χ0) is 21.5. The summed E-state index contributed by atoms with van der Waals surface area (Å²) < 4.78 is 7.98. The van der Waals surface area contributed by atoms with Gasteiger partial charge in [-0.2, -0.15) is 0 Å². The van der Waals surface area contributed by atoms with Crippen LogP contribution in [0.15, 0.2) is 66.3 Å². The maximum atomic E-state index is 12.4. The first-order valence-corrected chi connectivity index (χ1v) is 10.7. The Balaban J connectivity index is 1.68. The number of benzene rings is 2. The van der Waals surface area contributed by atoms with Crippen molar-refractivity contribution in [3.05, 3.63) is 78.1 Å². The summed E-state index contributed by atoms with van der Waals surface area (Å²) in [5.74, 6) is 1.62. The van der Waals surface area contributed by atoms with Gasteiger partial charge in [-0.3, -0.25) is 9.36 Å². The summed E-state index contributed by atoms with van der Waals surface area (Å²) in [6.07, 6.45) is 1.48. The molecule has 1 heterocycles. The van der Waals surface area contributed by atoms with Crippen molar-refractivity contribution in [1.82, 2.24) is 14.8 Å². The van der Waals surface area contributed by atoms with Gasteiger partial charge in [-0.25, -0.2) is 0 Å². The molecule has 0 spiro atoms. The molecule has 0 radical (unpaired) electrons. The van der Waals surface area contributed by atoms with E-state index in [1.807, 2.05) is 73.9 Å². The molecule has 0 fully saturated rings. The van der Waals surface area contributed by atoms with Crippen molar-refractivity contribution in [3.8, 4) is 5.75 Å². The second-order valence-electron chi connectivity index (χ2n) is 6.97. The fourth-order valence-electron chi connectivity index (χ4n) is 2.98. The largest absolute Gasteiger partial charge is 0.483 e. The van der Waals surface area contributed by atoms with Crippen molar-refractivity contribution in [2.75, 3.05) is 11.1 Å². The Kier molecular flexibility index (Phi) is 7.30. The first kappa shape index (κ1) is 21.6. The summed E-state index contributed by atoms with van der Waals surface area (Å²) in [5, 5.41) is 12.2. The van der Waals surface area contributed by atoms with Crippen LogP contribution in [0.25, 0.3) is 0 Å². The monoisotopic (exact) mass is 422 g/mol. The topological polar surface area (TPSA) is 69.0 Å². The highest BCUT2D eigenvalue weighted by Gasteiger charge is 2.20. The number of carbonyl (C=O) groups is 1. The van der Waals surface area contributed by atoms with E-state index in [-0.39, 0.29) is 17.8 Å². The average Bonchev–Trinajstić information content (AvgIpc) is 3.11. The van der Waals surface area contributed by atoms with Gasteiger partial charge in [-0.15, -0.1) is 16.8 Å². The van der Waals surface area contributed by atoms with Crippen LogP contribution in [0.3, 0.4) is 0 Å². The molecule has 156 valence electrons. The van der Waals surface area contributed by atoms with Crippen molar-refractivity contribution in [2.45, 2.75) is 38.6 Å². The van der Waals surface area contributed by atoms with E-state index < -0.39 is 0 Å². The van der Waals surface area contributed by atoms with Gasteiger partial charge in [-0.1, -0.05) is 48.2 Å². The smallest absolute Gasteiger partial charge is 0.234 e. The molecule has 0 saturated heterocycles. The lowest BCUT2D eigenvalue weighted by molar-refractivity contribution is -0.113. The van der Waals surface area contributed by atoms with Crippen molar-refractivity contribution >= 4 is 23.4 Å².